The van der Waals surface area contributed by atoms with Crippen LogP contribution < -0.4 is 5.73 Å². The molecule has 0 aromatic carbocycles. The number of carbonyl (C=O) groups excluding carboxylic acids is 2. The number of amides is 2. The predicted octanol–water partition coefficient (Wildman–Crippen LogP) is 1.11. The fraction of sp³-hybridized carbons (Fsp3) is 0.769. The number of ether oxygens (including phenoxy) is 2. The maximum absolute atomic E-state index is 12.3. The van der Waals surface area contributed by atoms with Crippen LogP contribution in [0.15, 0.2) is 4.99 Å². The average molecular weight is 298 g/mol. The Morgan fingerprint density at radius 1 is 1.33 bits per heavy atom. The number of methoxy groups -OCH3 is 1. The van der Waals surface area contributed by atoms with E-state index in [9.17, 15) is 9.59 Å². The molecule has 8 heteroatoms. The quantitative estimate of drug-likeness (QED) is 0.722. The summed E-state index contributed by atoms with van der Waals surface area (Å²) in [6, 6.07) is -0.298. The first-order valence-corrected chi connectivity index (χ1v) is 6.94. The number of rotatable bonds is 0. The van der Waals surface area contributed by atoms with Gasteiger partial charge in [0.1, 0.15) is 5.60 Å². The number of piperidine rings is 1. The Kier molecular flexibility index (Phi) is 3.97. The van der Waals surface area contributed by atoms with Crippen molar-refractivity contribution in [3.05, 3.63) is 0 Å². The molecule has 1 saturated heterocycles. The van der Waals surface area contributed by atoms with Gasteiger partial charge in [-0.2, -0.15) is 0 Å². The Labute approximate surface area is 123 Å². The molecule has 0 radical (unpaired) electrons. The summed E-state index contributed by atoms with van der Waals surface area (Å²) in [5.41, 5.74) is 5.24. The molecule has 1 fully saturated rings. The van der Waals surface area contributed by atoms with E-state index >= 15 is 0 Å². The SMILES string of the molecule is COC(=O)N1CCC[C@H]2[C@@H]1N=C(N)N2C(=O)OC(C)(C)C. The molecule has 0 aliphatic carbocycles. The highest BCUT2D eigenvalue weighted by atomic mass is 16.6. The first-order valence-electron chi connectivity index (χ1n) is 6.94. The van der Waals surface area contributed by atoms with E-state index in [1.54, 1.807) is 20.8 Å². The lowest BCUT2D eigenvalue weighted by Crippen LogP contribution is -2.55. The summed E-state index contributed by atoms with van der Waals surface area (Å²) in [7, 11) is 1.32. The molecule has 0 aromatic rings. The fourth-order valence-electron chi connectivity index (χ4n) is 2.60. The van der Waals surface area contributed by atoms with E-state index < -0.39 is 24.0 Å². The summed E-state index contributed by atoms with van der Waals surface area (Å²) < 4.78 is 10.1. The minimum atomic E-state index is -0.619. The molecule has 0 saturated carbocycles. The van der Waals surface area contributed by atoms with Gasteiger partial charge in [-0.05, 0) is 33.6 Å². The largest absolute Gasteiger partial charge is 0.453 e. The molecule has 2 rings (SSSR count). The normalized spacial score (nSPS) is 25.2. The molecule has 2 aliphatic rings. The zero-order chi connectivity index (χ0) is 15.8. The molecular weight excluding hydrogens is 276 g/mol. The summed E-state index contributed by atoms with van der Waals surface area (Å²) in [6.07, 6.45) is -0.0473. The van der Waals surface area contributed by atoms with Gasteiger partial charge in [0.2, 0.25) is 5.96 Å². The third kappa shape index (κ3) is 3.03. The van der Waals surface area contributed by atoms with Crippen molar-refractivity contribution < 1.29 is 19.1 Å². The van der Waals surface area contributed by atoms with Gasteiger partial charge >= 0.3 is 12.2 Å². The molecule has 2 aliphatic heterocycles. The van der Waals surface area contributed by atoms with Gasteiger partial charge in [0, 0.05) is 6.54 Å². The van der Waals surface area contributed by atoms with E-state index in [4.69, 9.17) is 15.2 Å². The van der Waals surface area contributed by atoms with Gasteiger partial charge in [-0.3, -0.25) is 4.90 Å². The van der Waals surface area contributed by atoms with Crippen LogP contribution in [0.1, 0.15) is 33.6 Å². The molecule has 0 bridgehead atoms. The second-order valence-electron chi connectivity index (χ2n) is 6.12. The van der Waals surface area contributed by atoms with Crippen LogP contribution in [-0.2, 0) is 9.47 Å². The Hall–Kier alpha value is -1.99. The maximum Gasteiger partial charge on any atom is 0.417 e. The molecular formula is C13H22N4O4. The van der Waals surface area contributed by atoms with Gasteiger partial charge in [0.05, 0.1) is 13.2 Å². The fourth-order valence-corrected chi connectivity index (χ4v) is 2.60. The van der Waals surface area contributed by atoms with Gasteiger partial charge in [-0.25, -0.2) is 19.5 Å². The second kappa shape index (κ2) is 5.42. The van der Waals surface area contributed by atoms with E-state index in [1.165, 1.54) is 16.9 Å². The van der Waals surface area contributed by atoms with Crippen LogP contribution in [0.4, 0.5) is 9.59 Å². The highest BCUT2D eigenvalue weighted by molar-refractivity contribution is 5.95. The zero-order valence-corrected chi connectivity index (χ0v) is 12.8. The summed E-state index contributed by atoms with van der Waals surface area (Å²) in [5, 5.41) is 0. The third-order valence-electron chi connectivity index (χ3n) is 3.40. The van der Waals surface area contributed by atoms with E-state index in [1.807, 2.05) is 0 Å². The molecule has 0 unspecified atom stereocenters. The molecule has 2 heterocycles. The number of nitrogens with two attached hydrogens (primary N) is 1. The molecule has 8 nitrogen and oxygen atoms in total. The molecule has 2 amide bonds. The van der Waals surface area contributed by atoms with E-state index in [-0.39, 0.29) is 12.0 Å². The Morgan fingerprint density at radius 2 is 2.00 bits per heavy atom. The Morgan fingerprint density at radius 3 is 2.57 bits per heavy atom. The lowest BCUT2D eigenvalue weighted by Gasteiger charge is -2.37. The minimum Gasteiger partial charge on any atom is -0.453 e. The number of carbonyl (C=O) groups is 2. The minimum absolute atomic E-state index is 0.0788. The maximum atomic E-state index is 12.3. The second-order valence-corrected chi connectivity index (χ2v) is 6.12. The lowest BCUT2D eigenvalue weighted by atomic mass is 10.0. The van der Waals surface area contributed by atoms with E-state index in [0.717, 1.165) is 6.42 Å². The van der Waals surface area contributed by atoms with Crippen molar-refractivity contribution in [3.8, 4) is 0 Å². The van der Waals surface area contributed by atoms with E-state index in [0.29, 0.717) is 13.0 Å². The van der Waals surface area contributed by atoms with Crippen LogP contribution in [0.25, 0.3) is 0 Å². The molecule has 2 atom stereocenters. The number of fused-ring (bicyclic) bond motifs is 1. The number of likely N-dealkylation sites (tertiary alicyclic amines) is 1. The van der Waals surface area contributed by atoms with Gasteiger partial charge in [-0.1, -0.05) is 0 Å². The van der Waals surface area contributed by atoms with Crippen molar-refractivity contribution in [1.29, 1.82) is 0 Å². The van der Waals surface area contributed by atoms with Crippen LogP contribution in [0.2, 0.25) is 0 Å². The van der Waals surface area contributed by atoms with Crippen LogP contribution in [0.3, 0.4) is 0 Å². The van der Waals surface area contributed by atoms with Crippen molar-refractivity contribution in [3.63, 3.8) is 0 Å². The monoisotopic (exact) mass is 298 g/mol. The standard InChI is InChI=1S/C13H22N4O4/c1-13(2,3)21-12(19)17-8-6-5-7-16(11(18)20-4)9(8)15-10(17)14/h8-9H,5-7H2,1-4H3,(H2,14,15)/t8-,9+/m0/s1. The Balaban J connectivity index is 2.18. The summed E-state index contributed by atoms with van der Waals surface area (Å²) in [4.78, 5) is 31.1. The van der Waals surface area contributed by atoms with Gasteiger partial charge in [-0.15, -0.1) is 0 Å². The van der Waals surface area contributed by atoms with Crippen molar-refractivity contribution in [2.75, 3.05) is 13.7 Å². The van der Waals surface area contributed by atoms with Gasteiger partial charge in [0.15, 0.2) is 6.17 Å². The van der Waals surface area contributed by atoms with Crippen molar-refractivity contribution in [2.24, 2.45) is 10.7 Å². The summed E-state index contributed by atoms with van der Waals surface area (Å²) in [6.45, 7) is 5.89. The van der Waals surface area contributed by atoms with Crippen LogP contribution in [-0.4, -0.2) is 59.4 Å². The van der Waals surface area contributed by atoms with Gasteiger partial charge < -0.3 is 15.2 Å². The predicted molar refractivity (Wildman–Crippen MR) is 75.6 cm³/mol. The smallest absolute Gasteiger partial charge is 0.417 e. The number of guanidine groups is 1. The topological polar surface area (TPSA) is 97.5 Å². The molecule has 2 N–H and O–H groups in total. The number of hydrogen-bond donors (Lipinski definition) is 1. The molecule has 118 valence electrons. The van der Waals surface area contributed by atoms with E-state index in [2.05, 4.69) is 4.99 Å². The first kappa shape index (κ1) is 15.4. The van der Waals surface area contributed by atoms with Crippen LogP contribution >= 0.6 is 0 Å². The lowest BCUT2D eigenvalue weighted by molar-refractivity contribution is 0.0192. The van der Waals surface area contributed by atoms with Gasteiger partial charge in [0.25, 0.3) is 0 Å². The molecule has 0 aromatic heterocycles. The van der Waals surface area contributed by atoms with Crippen molar-refractivity contribution in [2.45, 2.75) is 51.4 Å². The van der Waals surface area contributed by atoms with Crippen LogP contribution in [0.5, 0.6) is 0 Å². The average Bonchev–Trinajstić information content (AvgIpc) is 2.71. The first-order chi connectivity index (χ1) is 9.74. The third-order valence-corrected chi connectivity index (χ3v) is 3.40. The Bertz CT molecular complexity index is 471. The highest BCUT2D eigenvalue weighted by Gasteiger charge is 2.47. The number of aliphatic imine (C=N–C) groups is 1. The molecule has 21 heavy (non-hydrogen) atoms. The highest BCUT2D eigenvalue weighted by Crippen LogP contribution is 2.29. The van der Waals surface area contributed by atoms with Crippen molar-refractivity contribution in [1.82, 2.24) is 9.80 Å². The molecule has 0 spiro atoms. The summed E-state index contributed by atoms with van der Waals surface area (Å²) >= 11 is 0. The number of hydrogen-bond acceptors (Lipinski definition) is 6. The number of nitrogens with zero attached hydrogens (tertiary/aromatic N) is 3. The summed E-state index contributed by atoms with van der Waals surface area (Å²) in [5.74, 6) is 0.0788. The van der Waals surface area contributed by atoms with Crippen molar-refractivity contribution >= 4 is 18.1 Å². The zero-order valence-electron chi connectivity index (χ0n) is 12.8. The van der Waals surface area contributed by atoms with Crippen LogP contribution in [0, 0.1) is 0 Å².